The number of hydrogen-bond acceptors (Lipinski definition) is 3. The van der Waals surface area contributed by atoms with Crippen molar-refractivity contribution in [3.8, 4) is 0 Å². The van der Waals surface area contributed by atoms with E-state index in [1.165, 1.54) is 13.0 Å². The lowest BCUT2D eigenvalue weighted by Crippen LogP contribution is -2.43. The maximum Gasteiger partial charge on any atom is 0.509 e. The molecule has 106 valence electrons. The molecule has 1 aliphatic rings. The number of nitrogens with zero attached hydrogens (tertiary/aromatic N) is 1. The minimum Gasteiger partial charge on any atom is -0.445 e. The van der Waals surface area contributed by atoms with Gasteiger partial charge in [-0.3, -0.25) is 4.90 Å². The van der Waals surface area contributed by atoms with Gasteiger partial charge in [0.25, 0.3) is 0 Å². The van der Waals surface area contributed by atoms with E-state index in [1.807, 2.05) is 0 Å². The van der Waals surface area contributed by atoms with Gasteiger partial charge in [-0.15, -0.1) is 18.1 Å². The molecule has 1 N–H and O–H groups in total. The van der Waals surface area contributed by atoms with Crippen LogP contribution in [-0.2, 0) is 6.54 Å². The number of benzene rings is 1. The molecule has 0 atom stereocenters. The summed E-state index contributed by atoms with van der Waals surface area (Å²) in [7, 11) is 0. The summed E-state index contributed by atoms with van der Waals surface area (Å²) in [6.45, 7) is 0.541. The molecule has 2 rings (SSSR count). The van der Waals surface area contributed by atoms with Gasteiger partial charge in [-0.25, -0.2) is 0 Å². The van der Waals surface area contributed by atoms with E-state index in [0.717, 1.165) is 26.2 Å². The molecule has 0 amide bonds. The van der Waals surface area contributed by atoms with Crippen molar-refractivity contribution >= 4 is 25.1 Å². The number of piperazine rings is 1. The Balaban J connectivity index is 2.23. The summed E-state index contributed by atoms with van der Waals surface area (Å²) in [5.41, 5.74) is 0.393. The van der Waals surface area contributed by atoms with Crippen molar-refractivity contribution < 1.29 is 12.9 Å². The van der Waals surface area contributed by atoms with Crippen molar-refractivity contribution in [1.82, 2.24) is 10.2 Å². The summed E-state index contributed by atoms with van der Waals surface area (Å²) in [5, 5.41) is 3.22. The van der Waals surface area contributed by atoms with Crippen molar-refractivity contribution in [3.05, 3.63) is 23.3 Å². The highest BCUT2D eigenvalue weighted by Crippen LogP contribution is 2.20. The van der Waals surface area contributed by atoms with Crippen LogP contribution in [0.1, 0.15) is 11.1 Å². The zero-order valence-electron chi connectivity index (χ0n) is 10.8. The smallest absolute Gasteiger partial charge is 0.445 e. The monoisotopic (exact) mass is 289 g/mol. The van der Waals surface area contributed by atoms with Crippen molar-refractivity contribution in [2.24, 2.45) is 0 Å². The third-order valence-electron chi connectivity index (χ3n) is 3.45. The molecule has 0 aromatic heterocycles. The fourth-order valence-corrected chi connectivity index (χ4v) is 2.64. The molecule has 0 bridgehead atoms. The van der Waals surface area contributed by atoms with Crippen molar-refractivity contribution in [2.75, 3.05) is 26.2 Å². The summed E-state index contributed by atoms with van der Waals surface area (Å²) in [5.74, 6) is 0. The number of thiol groups is 1. The first kappa shape index (κ1) is 14.7. The molecule has 1 aromatic rings. The van der Waals surface area contributed by atoms with E-state index in [9.17, 15) is 12.9 Å². The molecule has 0 aliphatic carbocycles. The van der Waals surface area contributed by atoms with Crippen molar-refractivity contribution in [3.63, 3.8) is 0 Å². The van der Waals surface area contributed by atoms with Gasteiger partial charge in [-0.2, -0.15) is 0 Å². The van der Waals surface area contributed by atoms with Gasteiger partial charge in [0.05, 0.1) is 0 Å². The lowest BCUT2D eigenvalue weighted by molar-refractivity contribution is 0.233. The summed E-state index contributed by atoms with van der Waals surface area (Å²) in [6, 6.07) is 3.02. The highest BCUT2D eigenvalue weighted by Gasteiger charge is 2.28. The highest BCUT2D eigenvalue weighted by atomic mass is 32.1. The van der Waals surface area contributed by atoms with Gasteiger partial charge in [0.15, 0.2) is 0 Å². The van der Waals surface area contributed by atoms with Crippen molar-refractivity contribution in [1.29, 1.82) is 0 Å². The van der Waals surface area contributed by atoms with E-state index in [2.05, 4.69) is 22.8 Å². The molecular formula is C12H17BF3N2S-. The van der Waals surface area contributed by atoms with E-state index in [-0.39, 0.29) is 5.56 Å². The number of nitrogens with one attached hydrogen (secondary N) is 1. The number of rotatable bonds is 3. The first-order valence-corrected chi connectivity index (χ1v) is 6.78. The number of halogens is 3. The van der Waals surface area contributed by atoms with E-state index < -0.39 is 12.4 Å². The quantitative estimate of drug-likeness (QED) is 0.651. The Morgan fingerprint density at radius 1 is 1.26 bits per heavy atom. The van der Waals surface area contributed by atoms with Crippen LogP contribution in [0.3, 0.4) is 0 Å². The fourth-order valence-electron chi connectivity index (χ4n) is 2.34. The molecular weight excluding hydrogens is 272 g/mol. The molecule has 0 spiro atoms. The largest absolute Gasteiger partial charge is 0.509 e. The third kappa shape index (κ3) is 3.67. The van der Waals surface area contributed by atoms with Crippen LogP contribution in [0, 0.1) is 6.92 Å². The third-order valence-corrected chi connectivity index (χ3v) is 3.91. The Labute approximate surface area is 116 Å². The van der Waals surface area contributed by atoms with Gasteiger partial charge in [0.2, 0.25) is 0 Å². The van der Waals surface area contributed by atoms with Gasteiger partial charge in [-0.1, -0.05) is 11.6 Å². The van der Waals surface area contributed by atoms with E-state index in [4.69, 9.17) is 0 Å². The van der Waals surface area contributed by atoms with Gasteiger partial charge in [-0.05, 0) is 18.6 Å². The maximum atomic E-state index is 13.0. The zero-order valence-corrected chi connectivity index (χ0v) is 11.7. The van der Waals surface area contributed by atoms with Crippen LogP contribution in [0.2, 0.25) is 0 Å². The second kappa shape index (κ2) is 5.77. The lowest BCUT2D eigenvalue weighted by atomic mass is 9.76. The maximum absolute atomic E-state index is 13.0. The molecule has 7 heteroatoms. The zero-order chi connectivity index (χ0) is 14.0. The predicted octanol–water partition coefficient (Wildman–Crippen LogP) is 1.74. The average molecular weight is 289 g/mol. The normalized spacial score (nSPS) is 17.7. The standard InChI is InChI=1S/C12H17BF3N2S/c1-9-11(13(14,15)16)6-10(7-12(9)19)8-18-4-2-17-3-5-18/h6-7,17,19H,2-5,8H2,1H3/q-1. The average Bonchev–Trinajstić information content (AvgIpc) is 2.33. The molecule has 2 nitrogen and oxygen atoms in total. The molecule has 1 fully saturated rings. The Kier molecular flexibility index (Phi) is 4.48. The second-order valence-corrected chi connectivity index (χ2v) is 5.41. The first-order valence-electron chi connectivity index (χ1n) is 6.33. The minimum absolute atomic E-state index is 0.222. The van der Waals surface area contributed by atoms with Crippen LogP contribution in [0.4, 0.5) is 12.9 Å². The van der Waals surface area contributed by atoms with E-state index >= 15 is 0 Å². The fraction of sp³-hybridized carbons (Fsp3) is 0.500. The van der Waals surface area contributed by atoms with Crippen LogP contribution in [0.25, 0.3) is 0 Å². The molecule has 0 saturated carbocycles. The number of hydrogen-bond donors (Lipinski definition) is 2. The van der Waals surface area contributed by atoms with Crippen LogP contribution in [-0.4, -0.2) is 38.1 Å². The second-order valence-electron chi connectivity index (χ2n) is 4.93. The van der Waals surface area contributed by atoms with Crippen molar-refractivity contribution in [2.45, 2.75) is 18.4 Å². The lowest BCUT2D eigenvalue weighted by Gasteiger charge is -2.28. The molecule has 1 aromatic carbocycles. The molecule has 1 heterocycles. The topological polar surface area (TPSA) is 15.3 Å². The molecule has 1 aliphatic heterocycles. The Hall–Kier alpha value is -0.655. The Morgan fingerprint density at radius 2 is 1.89 bits per heavy atom. The summed E-state index contributed by atoms with van der Waals surface area (Å²) in [6.07, 6.45) is 0. The Bertz CT molecular complexity index is 459. The van der Waals surface area contributed by atoms with Gasteiger partial charge in [0, 0.05) is 37.6 Å². The van der Waals surface area contributed by atoms with Crippen LogP contribution in [0.5, 0.6) is 0 Å². The van der Waals surface area contributed by atoms with E-state index in [1.54, 1.807) is 6.07 Å². The predicted molar refractivity (Wildman–Crippen MR) is 75.3 cm³/mol. The summed E-state index contributed by atoms with van der Waals surface area (Å²) in [4.78, 5) is 2.57. The van der Waals surface area contributed by atoms with Crippen LogP contribution in [0.15, 0.2) is 17.0 Å². The highest BCUT2D eigenvalue weighted by molar-refractivity contribution is 7.80. The first-order chi connectivity index (χ1) is 8.88. The van der Waals surface area contributed by atoms with E-state index in [0.29, 0.717) is 17.0 Å². The SMILES string of the molecule is Cc1c(S)cc(CN2CCNCC2)cc1[B-](F)(F)F. The Morgan fingerprint density at radius 3 is 2.47 bits per heavy atom. The molecule has 0 radical (unpaired) electrons. The summed E-state index contributed by atoms with van der Waals surface area (Å²) >= 11 is 4.17. The van der Waals surface area contributed by atoms with Crippen LogP contribution >= 0.6 is 12.6 Å². The van der Waals surface area contributed by atoms with Gasteiger partial charge < -0.3 is 18.3 Å². The minimum atomic E-state index is -4.98. The molecule has 19 heavy (non-hydrogen) atoms. The molecule has 0 unspecified atom stereocenters. The van der Waals surface area contributed by atoms with Gasteiger partial charge >= 0.3 is 6.98 Å². The van der Waals surface area contributed by atoms with Crippen LogP contribution < -0.4 is 10.8 Å². The van der Waals surface area contributed by atoms with Gasteiger partial charge in [0.1, 0.15) is 0 Å². The molecule has 1 saturated heterocycles. The summed E-state index contributed by atoms with van der Waals surface area (Å²) < 4.78 is 39.0.